The first-order valence-electron chi connectivity index (χ1n) is 14.1. The number of hydrogen-bond acceptors (Lipinski definition) is 8. The average molecular weight is 557 g/mol. The highest BCUT2D eigenvalue weighted by Gasteiger charge is 2.35. The zero-order valence-electron chi connectivity index (χ0n) is 23.8. The number of allylic oxidation sites excluding steroid dienone is 1. The van der Waals surface area contributed by atoms with Crippen molar-refractivity contribution in [1.82, 2.24) is 24.4 Å². The molecule has 10 heteroatoms. The maximum Gasteiger partial charge on any atom is 0.339 e. The minimum Gasteiger partial charge on any atom is -0.489 e. The fourth-order valence-electron chi connectivity index (χ4n) is 5.91. The van der Waals surface area contributed by atoms with E-state index in [1.54, 1.807) is 10.7 Å². The number of esters is 1. The molecule has 0 aliphatic carbocycles. The monoisotopic (exact) mass is 556 g/mol. The van der Waals surface area contributed by atoms with Gasteiger partial charge in [0.1, 0.15) is 18.2 Å². The van der Waals surface area contributed by atoms with Crippen molar-refractivity contribution in [2.24, 2.45) is 5.41 Å². The van der Waals surface area contributed by atoms with Crippen LogP contribution in [-0.4, -0.2) is 62.3 Å². The Morgan fingerprint density at radius 1 is 1.17 bits per heavy atom. The quantitative estimate of drug-likeness (QED) is 0.284. The standard InChI is InChI=1S/C31H36N6O4/c1-21-27(28(38)30(39)40-3)29-35-14-12-31(2,13-15-35)11-7-4-8-16-41-25-10-6-5-9-22(25)19-36-20-23(18-32-36)24-17-26(33-21)37(29)34-24/h4-6,8-10,17-18,20,28,38H,7,11-16,19H2,1-3H3/b8-4+. The van der Waals surface area contributed by atoms with Gasteiger partial charge in [0.15, 0.2) is 11.8 Å². The Kier molecular flexibility index (Phi) is 7.25. The number of hydrogen-bond donors (Lipinski definition) is 1. The number of aromatic nitrogens is 5. The number of aliphatic hydroxyl groups excluding tert-OH is 1. The third-order valence-corrected chi connectivity index (χ3v) is 8.42. The number of methoxy groups -OCH3 is 1. The summed E-state index contributed by atoms with van der Waals surface area (Å²) in [7, 11) is 1.28. The second-order valence-electron chi connectivity index (χ2n) is 11.3. The van der Waals surface area contributed by atoms with Crippen molar-refractivity contribution < 1.29 is 19.4 Å². The van der Waals surface area contributed by atoms with Crippen LogP contribution in [0.3, 0.4) is 0 Å². The number of nitrogens with zero attached hydrogens (tertiary/aromatic N) is 6. The van der Waals surface area contributed by atoms with E-state index in [0.29, 0.717) is 41.6 Å². The van der Waals surface area contributed by atoms with Crippen LogP contribution < -0.4 is 9.64 Å². The molecule has 1 fully saturated rings. The Morgan fingerprint density at radius 2 is 1.98 bits per heavy atom. The molecule has 3 aliphatic heterocycles. The van der Waals surface area contributed by atoms with Gasteiger partial charge in [-0.2, -0.15) is 14.7 Å². The maximum atomic E-state index is 12.5. The summed E-state index contributed by atoms with van der Waals surface area (Å²) in [5.41, 5.74) is 4.42. The number of carbonyl (C=O) groups is 1. The summed E-state index contributed by atoms with van der Waals surface area (Å²) in [6.07, 6.45) is 10.6. The van der Waals surface area contributed by atoms with Crippen LogP contribution in [0.25, 0.3) is 16.9 Å². The van der Waals surface area contributed by atoms with Gasteiger partial charge in [-0.3, -0.25) is 4.68 Å². The average Bonchev–Trinajstić information content (AvgIpc) is 3.61. The lowest BCUT2D eigenvalue weighted by Crippen LogP contribution is -2.40. The van der Waals surface area contributed by atoms with Gasteiger partial charge in [0, 0.05) is 42.2 Å². The molecule has 1 aromatic carbocycles. The predicted octanol–water partition coefficient (Wildman–Crippen LogP) is 4.49. The molecule has 214 valence electrons. The molecule has 6 heterocycles. The summed E-state index contributed by atoms with van der Waals surface area (Å²) in [6.45, 7) is 6.77. The summed E-state index contributed by atoms with van der Waals surface area (Å²) in [4.78, 5) is 19.5. The maximum absolute atomic E-state index is 12.5. The van der Waals surface area contributed by atoms with E-state index in [4.69, 9.17) is 19.6 Å². The van der Waals surface area contributed by atoms with Crippen LogP contribution in [0.15, 0.2) is 54.9 Å². The second kappa shape index (κ2) is 11.0. The molecule has 0 spiro atoms. The molecule has 3 aliphatic rings. The number of aryl methyl sites for hydroxylation is 1. The van der Waals surface area contributed by atoms with E-state index in [1.807, 2.05) is 42.1 Å². The van der Waals surface area contributed by atoms with Crippen LogP contribution in [0.4, 0.5) is 5.82 Å². The van der Waals surface area contributed by atoms with E-state index in [1.165, 1.54) is 7.11 Å². The Balaban J connectivity index is 1.47. The molecule has 3 aromatic heterocycles. The molecule has 1 unspecified atom stereocenters. The van der Waals surface area contributed by atoms with Gasteiger partial charge >= 0.3 is 5.97 Å². The molecule has 4 aromatic rings. The van der Waals surface area contributed by atoms with Crippen LogP contribution in [0, 0.1) is 12.3 Å². The van der Waals surface area contributed by atoms with Crippen LogP contribution in [0.1, 0.15) is 55.5 Å². The van der Waals surface area contributed by atoms with Crippen molar-refractivity contribution in [2.45, 2.75) is 52.2 Å². The number of aliphatic hydroxyl groups is 1. The number of para-hydroxylation sites is 1. The van der Waals surface area contributed by atoms with Crippen molar-refractivity contribution in [3.8, 4) is 17.0 Å². The smallest absolute Gasteiger partial charge is 0.339 e. The molecular formula is C31H36N6O4. The van der Waals surface area contributed by atoms with Crippen molar-refractivity contribution in [3.05, 3.63) is 71.7 Å². The summed E-state index contributed by atoms with van der Waals surface area (Å²) in [6, 6.07) is 9.95. The summed E-state index contributed by atoms with van der Waals surface area (Å²) < 4.78 is 14.7. The summed E-state index contributed by atoms with van der Waals surface area (Å²) in [5.74, 6) is 0.812. The van der Waals surface area contributed by atoms with Crippen molar-refractivity contribution in [1.29, 1.82) is 0 Å². The van der Waals surface area contributed by atoms with E-state index in [0.717, 1.165) is 55.6 Å². The van der Waals surface area contributed by atoms with E-state index in [9.17, 15) is 9.90 Å². The molecule has 1 N–H and O–H groups in total. The molecule has 7 rings (SSSR count). The van der Waals surface area contributed by atoms with Crippen LogP contribution in [-0.2, 0) is 16.1 Å². The lowest BCUT2D eigenvalue weighted by molar-refractivity contribution is -0.150. The highest BCUT2D eigenvalue weighted by molar-refractivity contribution is 5.80. The molecule has 0 amide bonds. The molecule has 1 saturated heterocycles. The molecular weight excluding hydrogens is 520 g/mol. The third-order valence-electron chi connectivity index (χ3n) is 8.42. The van der Waals surface area contributed by atoms with Gasteiger partial charge < -0.3 is 19.5 Å². The summed E-state index contributed by atoms with van der Waals surface area (Å²) in [5, 5.41) is 20.6. The number of carbonyl (C=O) groups excluding carboxylic acids is 1. The Bertz CT molecular complexity index is 1600. The van der Waals surface area contributed by atoms with Crippen molar-refractivity contribution in [2.75, 3.05) is 31.7 Å². The first kappa shape index (κ1) is 27.0. The van der Waals surface area contributed by atoms with Crippen molar-refractivity contribution >= 4 is 17.4 Å². The number of benzene rings is 1. The zero-order chi connectivity index (χ0) is 28.6. The first-order chi connectivity index (χ1) is 19.8. The van der Waals surface area contributed by atoms with Crippen LogP contribution in [0.5, 0.6) is 5.75 Å². The third kappa shape index (κ3) is 5.31. The first-order valence-corrected chi connectivity index (χ1v) is 14.1. The van der Waals surface area contributed by atoms with Gasteiger partial charge in [0.25, 0.3) is 0 Å². The van der Waals surface area contributed by atoms with Gasteiger partial charge in [-0.15, -0.1) is 0 Å². The van der Waals surface area contributed by atoms with Crippen molar-refractivity contribution in [3.63, 3.8) is 0 Å². The number of ether oxygens (including phenoxy) is 2. The number of fused-ring (bicyclic) bond motifs is 6. The highest BCUT2D eigenvalue weighted by Crippen LogP contribution is 2.40. The fraction of sp³-hybridized carbons (Fsp3) is 0.419. The molecule has 0 radical (unpaired) electrons. The molecule has 0 saturated carbocycles. The van der Waals surface area contributed by atoms with E-state index >= 15 is 0 Å². The number of anilines is 1. The Labute approximate surface area is 239 Å². The van der Waals surface area contributed by atoms with Gasteiger partial charge in [0.2, 0.25) is 0 Å². The molecule has 1 atom stereocenters. The Hall–Kier alpha value is -4.18. The van der Waals surface area contributed by atoms with Crippen LogP contribution in [0.2, 0.25) is 0 Å². The fourth-order valence-corrected chi connectivity index (χ4v) is 5.91. The van der Waals surface area contributed by atoms with Gasteiger partial charge in [-0.25, -0.2) is 9.78 Å². The van der Waals surface area contributed by atoms with Gasteiger partial charge in [-0.1, -0.05) is 37.3 Å². The van der Waals surface area contributed by atoms with E-state index < -0.39 is 12.1 Å². The number of piperidine rings is 1. The highest BCUT2D eigenvalue weighted by atomic mass is 16.5. The van der Waals surface area contributed by atoms with Crippen LogP contribution >= 0.6 is 0 Å². The molecule has 6 bridgehead atoms. The molecule has 10 nitrogen and oxygen atoms in total. The number of rotatable bonds is 2. The molecule has 41 heavy (non-hydrogen) atoms. The predicted molar refractivity (Wildman–Crippen MR) is 155 cm³/mol. The normalized spacial score (nSPS) is 18.5. The van der Waals surface area contributed by atoms with Gasteiger partial charge in [0.05, 0.1) is 31.1 Å². The minimum atomic E-state index is -1.46. The van der Waals surface area contributed by atoms with Gasteiger partial charge in [-0.05, 0) is 44.1 Å². The van der Waals surface area contributed by atoms with E-state index in [-0.39, 0.29) is 5.41 Å². The Morgan fingerprint density at radius 3 is 2.78 bits per heavy atom. The lowest BCUT2D eigenvalue weighted by atomic mass is 9.76. The zero-order valence-corrected chi connectivity index (χ0v) is 23.8. The topological polar surface area (TPSA) is 107 Å². The lowest BCUT2D eigenvalue weighted by Gasteiger charge is -2.41. The van der Waals surface area contributed by atoms with E-state index in [2.05, 4.69) is 35.1 Å². The minimum absolute atomic E-state index is 0.182. The largest absolute Gasteiger partial charge is 0.489 e. The summed E-state index contributed by atoms with van der Waals surface area (Å²) >= 11 is 0. The SMILES string of the molecule is COC(=O)C(O)c1c(C)nc2cc3nn2c1N1CCC(C)(CC/C=C/COc2ccccc2Cn2cc-3cn2)CC1. The second-order valence-corrected chi connectivity index (χ2v) is 11.3.